The lowest BCUT2D eigenvalue weighted by molar-refractivity contribution is 0.481. The van der Waals surface area contributed by atoms with Crippen LogP contribution in [0.2, 0.25) is 0 Å². The molecule has 2 rings (SSSR count). The molecule has 0 radical (unpaired) electrons. The number of benzene rings is 1. The van der Waals surface area contributed by atoms with Gasteiger partial charge in [-0.05, 0) is 37.5 Å². The van der Waals surface area contributed by atoms with Crippen molar-refractivity contribution >= 4 is 29.9 Å². The average molecular weight is 459 g/mol. The van der Waals surface area contributed by atoms with Gasteiger partial charge in [0.25, 0.3) is 0 Å². The minimum absolute atomic E-state index is 0. The Morgan fingerprint density at radius 2 is 2.04 bits per heavy atom. The van der Waals surface area contributed by atoms with E-state index in [2.05, 4.69) is 41.4 Å². The third-order valence-electron chi connectivity index (χ3n) is 4.15. The Bertz CT molecular complexity index is 711. The summed E-state index contributed by atoms with van der Waals surface area (Å²) in [5, 5.41) is 6.54. The molecule has 2 N–H and O–H groups in total. The van der Waals surface area contributed by atoms with E-state index in [0.717, 1.165) is 11.4 Å². The van der Waals surface area contributed by atoms with E-state index in [0.29, 0.717) is 30.2 Å². The Kier molecular flexibility index (Phi) is 8.34. The Morgan fingerprint density at radius 1 is 1.32 bits per heavy atom. The molecule has 0 saturated carbocycles. The Morgan fingerprint density at radius 3 is 2.56 bits per heavy atom. The molecule has 7 heteroatoms. The highest BCUT2D eigenvalue weighted by Gasteiger charge is 2.10. The number of guanidine groups is 1. The monoisotopic (exact) mass is 459 g/mol. The molecule has 5 nitrogen and oxygen atoms in total. The molecule has 1 unspecified atom stereocenters. The molecule has 0 aliphatic rings. The van der Waals surface area contributed by atoms with E-state index in [4.69, 9.17) is 0 Å². The van der Waals surface area contributed by atoms with Crippen LogP contribution in [-0.4, -0.2) is 28.6 Å². The molecule has 0 fully saturated rings. The van der Waals surface area contributed by atoms with Crippen molar-refractivity contribution in [2.75, 3.05) is 7.05 Å². The SMILES string of the molecule is CN=C(NCc1ccc(-n2ccnc2C)c(F)c1)NC(C)C(C)C.I. The van der Waals surface area contributed by atoms with Crippen molar-refractivity contribution in [3.05, 3.63) is 47.8 Å². The van der Waals surface area contributed by atoms with Crippen molar-refractivity contribution in [2.24, 2.45) is 10.9 Å². The third-order valence-corrected chi connectivity index (χ3v) is 4.15. The van der Waals surface area contributed by atoms with E-state index in [1.54, 1.807) is 36.1 Å². The van der Waals surface area contributed by atoms with Gasteiger partial charge < -0.3 is 15.2 Å². The van der Waals surface area contributed by atoms with Crippen LogP contribution in [0.1, 0.15) is 32.2 Å². The Balaban J connectivity index is 0.00000312. The summed E-state index contributed by atoms with van der Waals surface area (Å²) in [6.45, 7) is 8.76. The maximum Gasteiger partial charge on any atom is 0.191 e. The summed E-state index contributed by atoms with van der Waals surface area (Å²) >= 11 is 0. The fourth-order valence-corrected chi connectivity index (χ4v) is 2.25. The van der Waals surface area contributed by atoms with Gasteiger partial charge in [0, 0.05) is 32.0 Å². The second-order valence-electron chi connectivity index (χ2n) is 6.23. The van der Waals surface area contributed by atoms with Crippen LogP contribution in [0.25, 0.3) is 5.69 Å². The van der Waals surface area contributed by atoms with Crippen LogP contribution in [0, 0.1) is 18.7 Å². The molecule has 25 heavy (non-hydrogen) atoms. The van der Waals surface area contributed by atoms with Crippen molar-refractivity contribution in [1.82, 2.24) is 20.2 Å². The number of nitrogens with zero attached hydrogens (tertiary/aromatic N) is 3. The number of hydrogen-bond acceptors (Lipinski definition) is 2. The summed E-state index contributed by atoms with van der Waals surface area (Å²) in [6, 6.07) is 5.53. The van der Waals surface area contributed by atoms with Gasteiger partial charge in [0.2, 0.25) is 0 Å². The lowest BCUT2D eigenvalue weighted by Gasteiger charge is -2.20. The topological polar surface area (TPSA) is 54.2 Å². The van der Waals surface area contributed by atoms with Crippen molar-refractivity contribution in [3.63, 3.8) is 0 Å². The number of hydrogen-bond donors (Lipinski definition) is 2. The second-order valence-corrected chi connectivity index (χ2v) is 6.23. The maximum absolute atomic E-state index is 14.4. The van der Waals surface area contributed by atoms with Gasteiger partial charge >= 0.3 is 0 Å². The summed E-state index contributed by atoms with van der Waals surface area (Å²) < 4.78 is 16.1. The highest BCUT2D eigenvalue weighted by Crippen LogP contribution is 2.16. The van der Waals surface area contributed by atoms with Crippen molar-refractivity contribution in [2.45, 2.75) is 40.3 Å². The van der Waals surface area contributed by atoms with E-state index < -0.39 is 0 Å². The van der Waals surface area contributed by atoms with Gasteiger partial charge in [-0.3, -0.25) is 4.99 Å². The minimum Gasteiger partial charge on any atom is -0.354 e. The van der Waals surface area contributed by atoms with Crippen LogP contribution in [0.15, 0.2) is 35.6 Å². The lowest BCUT2D eigenvalue weighted by atomic mass is 10.1. The third kappa shape index (κ3) is 5.69. The summed E-state index contributed by atoms with van der Waals surface area (Å²) in [5.74, 6) is 1.70. The molecule has 1 atom stereocenters. The predicted octanol–water partition coefficient (Wildman–Crippen LogP) is 3.65. The van der Waals surface area contributed by atoms with Crippen molar-refractivity contribution in [1.29, 1.82) is 0 Å². The summed E-state index contributed by atoms with van der Waals surface area (Å²) in [5.41, 5.74) is 1.36. The smallest absolute Gasteiger partial charge is 0.191 e. The molecule has 0 saturated heterocycles. The first-order valence-electron chi connectivity index (χ1n) is 8.18. The number of imidazole rings is 1. The zero-order valence-electron chi connectivity index (χ0n) is 15.4. The van der Waals surface area contributed by atoms with Crippen LogP contribution >= 0.6 is 24.0 Å². The van der Waals surface area contributed by atoms with Crippen LogP contribution in [0.4, 0.5) is 4.39 Å². The highest BCUT2D eigenvalue weighted by molar-refractivity contribution is 14.0. The van der Waals surface area contributed by atoms with Crippen LogP contribution in [0.3, 0.4) is 0 Å². The number of nitrogens with one attached hydrogen (secondary N) is 2. The van der Waals surface area contributed by atoms with Crippen molar-refractivity contribution in [3.8, 4) is 5.69 Å². The largest absolute Gasteiger partial charge is 0.354 e. The van der Waals surface area contributed by atoms with E-state index in [-0.39, 0.29) is 29.8 Å². The molecular weight excluding hydrogens is 432 g/mol. The molecule has 138 valence electrons. The zero-order chi connectivity index (χ0) is 17.7. The van der Waals surface area contributed by atoms with E-state index in [1.165, 1.54) is 0 Å². The van der Waals surface area contributed by atoms with Crippen LogP contribution < -0.4 is 10.6 Å². The predicted molar refractivity (Wildman–Crippen MR) is 111 cm³/mol. The minimum atomic E-state index is -0.270. The molecule has 0 spiro atoms. The summed E-state index contributed by atoms with van der Waals surface area (Å²) in [4.78, 5) is 8.33. The average Bonchev–Trinajstić information content (AvgIpc) is 2.97. The standard InChI is InChI=1S/C18H26FN5.HI/c1-12(2)13(3)23-18(20-5)22-11-15-6-7-17(16(19)10-15)24-9-8-21-14(24)4;/h6-10,12-13H,11H2,1-5H3,(H2,20,22,23);1H. The number of rotatable bonds is 5. The number of halogens is 2. The molecule has 0 aliphatic carbocycles. The Labute approximate surface area is 166 Å². The fraction of sp³-hybridized carbons (Fsp3) is 0.444. The fourth-order valence-electron chi connectivity index (χ4n) is 2.25. The molecule has 1 heterocycles. The number of aliphatic imine (C=N–C) groups is 1. The molecule has 1 aromatic carbocycles. The normalized spacial score (nSPS) is 12.7. The summed E-state index contributed by atoms with van der Waals surface area (Å²) in [7, 11) is 1.73. The summed E-state index contributed by atoms with van der Waals surface area (Å²) in [6.07, 6.45) is 3.42. The quantitative estimate of drug-likeness (QED) is 0.408. The second kappa shape index (κ2) is 9.74. The molecule has 2 aromatic rings. The van der Waals surface area contributed by atoms with Crippen molar-refractivity contribution < 1.29 is 4.39 Å². The van der Waals surface area contributed by atoms with Gasteiger partial charge in [0.15, 0.2) is 5.96 Å². The van der Waals surface area contributed by atoms with Crippen LogP contribution in [-0.2, 0) is 6.54 Å². The molecule has 0 bridgehead atoms. The molecule has 0 amide bonds. The van der Waals surface area contributed by atoms with Gasteiger partial charge in [-0.25, -0.2) is 9.37 Å². The Hall–Kier alpha value is -1.64. The molecule has 1 aromatic heterocycles. The number of aromatic nitrogens is 2. The first kappa shape index (κ1) is 21.4. The van der Waals surface area contributed by atoms with E-state index in [9.17, 15) is 4.39 Å². The van der Waals surface area contributed by atoms with E-state index in [1.807, 2.05) is 13.0 Å². The van der Waals surface area contributed by atoms with Gasteiger partial charge in [0.1, 0.15) is 11.6 Å². The highest BCUT2D eigenvalue weighted by atomic mass is 127. The maximum atomic E-state index is 14.4. The first-order chi connectivity index (χ1) is 11.4. The van der Waals surface area contributed by atoms with Gasteiger partial charge in [-0.15, -0.1) is 24.0 Å². The van der Waals surface area contributed by atoms with Gasteiger partial charge in [0.05, 0.1) is 5.69 Å². The lowest BCUT2D eigenvalue weighted by Crippen LogP contribution is -2.43. The van der Waals surface area contributed by atoms with E-state index >= 15 is 0 Å². The van der Waals surface area contributed by atoms with Gasteiger partial charge in [-0.2, -0.15) is 0 Å². The zero-order valence-corrected chi connectivity index (χ0v) is 17.7. The van der Waals surface area contributed by atoms with Crippen LogP contribution in [0.5, 0.6) is 0 Å². The van der Waals surface area contributed by atoms with Gasteiger partial charge in [-0.1, -0.05) is 19.9 Å². The number of aryl methyl sites for hydroxylation is 1. The first-order valence-corrected chi connectivity index (χ1v) is 8.18. The molecule has 0 aliphatic heterocycles. The molecular formula is C18H27FIN5.